The molecule has 1 N–H and O–H groups in total. The normalized spacial score (nSPS) is 16.2. The number of aryl methyl sites for hydroxylation is 1. The van der Waals surface area contributed by atoms with Crippen molar-refractivity contribution in [1.29, 1.82) is 0 Å². The summed E-state index contributed by atoms with van der Waals surface area (Å²) in [6.45, 7) is 11.0. The van der Waals surface area contributed by atoms with Crippen molar-refractivity contribution in [1.82, 2.24) is 29.9 Å². The number of para-hydroxylation sites is 1. The Balaban J connectivity index is 1.56. The smallest absolute Gasteiger partial charge is 0.291 e. The number of hydrogen-bond acceptors (Lipinski definition) is 5. The summed E-state index contributed by atoms with van der Waals surface area (Å²) in [7, 11) is 2.15. The molecule has 1 aromatic heterocycles. The van der Waals surface area contributed by atoms with Gasteiger partial charge in [-0.2, -0.15) is 0 Å². The van der Waals surface area contributed by atoms with E-state index >= 15 is 0 Å². The van der Waals surface area contributed by atoms with E-state index < -0.39 is 0 Å². The minimum absolute atomic E-state index is 0.127. The van der Waals surface area contributed by atoms with E-state index in [-0.39, 0.29) is 17.8 Å². The number of nitrogens with zero attached hydrogens (tertiary/aromatic N) is 5. The highest BCUT2D eigenvalue weighted by molar-refractivity contribution is 5.90. The van der Waals surface area contributed by atoms with E-state index in [1.807, 2.05) is 43.3 Å². The molecular weight excluding hydrogens is 412 g/mol. The first-order valence-corrected chi connectivity index (χ1v) is 11.7. The zero-order valence-electron chi connectivity index (χ0n) is 20.0. The van der Waals surface area contributed by atoms with Crippen LogP contribution in [0.2, 0.25) is 0 Å². The first kappa shape index (κ1) is 23.1. The molecule has 1 atom stereocenters. The predicted octanol–water partition coefficient (Wildman–Crippen LogP) is 3.42. The Hall–Kier alpha value is -3.03. The summed E-state index contributed by atoms with van der Waals surface area (Å²) >= 11 is 0. The van der Waals surface area contributed by atoms with E-state index in [1.54, 1.807) is 4.68 Å². The first-order valence-electron chi connectivity index (χ1n) is 11.7. The molecule has 1 amide bonds. The second kappa shape index (κ2) is 10.3. The number of carbonyl (C=O) groups excluding carboxylic acids is 1. The van der Waals surface area contributed by atoms with Crippen LogP contribution in [-0.2, 0) is 0 Å². The van der Waals surface area contributed by atoms with E-state index in [2.05, 4.69) is 64.3 Å². The standard InChI is InChI=1S/C26H34N6O/c1-19(2)22-12-8-9-13-24(22)32-20(3)27-25(29-32)26(33)28-23(21-10-6-5-7-11-21)18-31-16-14-30(4)15-17-31/h5-13,19,23H,14-18H2,1-4H3,(H,28,33). The Morgan fingerprint density at radius 1 is 1.00 bits per heavy atom. The molecule has 4 rings (SSSR count). The van der Waals surface area contributed by atoms with Gasteiger partial charge in [0.25, 0.3) is 5.91 Å². The average molecular weight is 447 g/mol. The Labute approximate surface area is 196 Å². The maximum atomic E-state index is 13.3. The molecule has 7 heteroatoms. The van der Waals surface area contributed by atoms with Crippen molar-refractivity contribution in [2.75, 3.05) is 39.8 Å². The molecule has 2 heterocycles. The van der Waals surface area contributed by atoms with Crippen LogP contribution in [0.25, 0.3) is 5.69 Å². The molecule has 3 aromatic rings. The Morgan fingerprint density at radius 3 is 2.36 bits per heavy atom. The van der Waals surface area contributed by atoms with Gasteiger partial charge in [0.05, 0.1) is 11.7 Å². The van der Waals surface area contributed by atoms with Crippen molar-refractivity contribution < 1.29 is 4.79 Å². The van der Waals surface area contributed by atoms with Gasteiger partial charge in [0, 0.05) is 32.7 Å². The summed E-state index contributed by atoms with van der Waals surface area (Å²) in [6, 6.07) is 18.2. The molecule has 0 aliphatic carbocycles. The number of piperazine rings is 1. The summed E-state index contributed by atoms with van der Waals surface area (Å²) in [6.07, 6.45) is 0. The van der Waals surface area contributed by atoms with Crippen LogP contribution in [0.5, 0.6) is 0 Å². The minimum Gasteiger partial charge on any atom is -0.341 e. The highest BCUT2D eigenvalue weighted by Gasteiger charge is 2.24. The third kappa shape index (κ3) is 5.49. The molecule has 1 fully saturated rings. The molecular formula is C26H34N6O. The summed E-state index contributed by atoms with van der Waals surface area (Å²) in [5.41, 5.74) is 3.23. The fourth-order valence-electron chi connectivity index (χ4n) is 4.31. The van der Waals surface area contributed by atoms with Crippen molar-refractivity contribution in [2.45, 2.75) is 32.7 Å². The minimum atomic E-state index is -0.248. The van der Waals surface area contributed by atoms with Crippen molar-refractivity contribution in [3.05, 3.63) is 77.4 Å². The van der Waals surface area contributed by atoms with Gasteiger partial charge < -0.3 is 10.2 Å². The molecule has 0 spiro atoms. The van der Waals surface area contributed by atoms with Gasteiger partial charge in [0.2, 0.25) is 5.82 Å². The number of amides is 1. The third-order valence-corrected chi connectivity index (χ3v) is 6.30. The Bertz CT molecular complexity index is 1070. The lowest BCUT2D eigenvalue weighted by Crippen LogP contribution is -2.48. The van der Waals surface area contributed by atoms with Gasteiger partial charge in [-0.15, -0.1) is 5.10 Å². The number of likely N-dealkylation sites (N-methyl/N-ethyl adjacent to an activating group) is 1. The number of hydrogen-bond donors (Lipinski definition) is 1. The lowest BCUT2D eigenvalue weighted by Gasteiger charge is -2.34. The number of carbonyl (C=O) groups is 1. The quantitative estimate of drug-likeness (QED) is 0.602. The van der Waals surface area contributed by atoms with E-state index in [0.717, 1.165) is 44.0 Å². The van der Waals surface area contributed by atoms with Gasteiger partial charge in [-0.3, -0.25) is 9.69 Å². The number of benzene rings is 2. The average Bonchev–Trinajstić information content (AvgIpc) is 3.22. The molecule has 2 aromatic carbocycles. The summed E-state index contributed by atoms with van der Waals surface area (Å²) in [4.78, 5) is 22.5. The molecule has 33 heavy (non-hydrogen) atoms. The largest absolute Gasteiger partial charge is 0.341 e. The molecule has 1 unspecified atom stereocenters. The van der Waals surface area contributed by atoms with Crippen LogP contribution in [0.1, 0.15) is 53.4 Å². The summed E-state index contributed by atoms with van der Waals surface area (Å²) < 4.78 is 1.78. The number of nitrogens with one attached hydrogen (secondary N) is 1. The highest BCUT2D eigenvalue weighted by atomic mass is 16.2. The van der Waals surface area contributed by atoms with Crippen LogP contribution in [0.3, 0.4) is 0 Å². The third-order valence-electron chi connectivity index (χ3n) is 6.30. The maximum absolute atomic E-state index is 13.3. The first-order chi connectivity index (χ1) is 15.9. The van der Waals surface area contributed by atoms with Crippen LogP contribution in [0.15, 0.2) is 54.6 Å². The maximum Gasteiger partial charge on any atom is 0.291 e. The number of rotatable bonds is 7. The van der Waals surface area contributed by atoms with E-state index in [0.29, 0.717) is 11.7 Å². The van der Waals surface area contributed by atoms with Gasteiger partial charge in [0.15, 0.2) is 0 Å². The van der Waals surface area contributed by atoms with Crippen molar-refractivity contribution in [2.24, 2.45) is 0 Å². The lowest BCUT2D eigenvalue weighted by atomic mass is 10.0. The molecule has 0 radical (unpaired) electrons. The second-order valence-electron chi connectivity index (χ2n) is 9.15. The summed E-state index contributed by atoms with van der Waals surface area (Å²) in [5, 5.41) is 7.80. The van der Waals surface area contributed by atoms with Crippen LogP contribution < -0.4 is 5.32 Å². The second-order valence-corrected chi connectivity index (χ2v) is 9.15. The Morgan fingerprint density at radius 2 is 1.67 bits per heavy atom. The Kier molecular flexibility index (Phi) is 7.20. The SMILES string of the molecule is Cc1nc(C(=O)NC(CN2CCN(C)CC2)c2ccccc2)nn1-c1ccccc1C(C)C. The predicted molar refractivity (Wildman–Crippen MR) is 131 cm³/mol. The molecule has 0 saturated carbocycles. The summed E-state index contributed by atoms with van der Waals surface area (Å²) in [5.74, 6) is 0.990. The van der Waals surface area contributed by atoms with Gasteiger partial charge in [0.1, 0.15) is 5.82 Å². The fraction of sp³-hybridized carbons (Fsp3) is 0.423. The zero-order chi connectivity index (χ0) is 23.4. The van der Waals surface area contributed by atoms with Crippen LogP contribution in [-0.4, -0.2) is 70.2 Å². The lowest BCUT2D eigenvalue weighted by molar-refractivity contribution is 0.0897. The monoisotopic (exact) mass is 446 g/mol. The number of aromatic nitrogens is 3. The van der Waals surface area contributed by atoms with Crippen LogP contribution in [0, 0.1) is 6.92 Å². The molecule has 0 bridgehead atoms. The van der Waals surface area contributed by atoms with Crippen LogP contribution >= 0.6 is 0 Å². The van der Waals surface area contributed by atoms with Crippen molar-refractivity contribution in [3.8, 4) is 5.69 Å². The van der Waals surface area contributed by atoms with E-state index in [1.165, 1.54) is 5.56 Å². The van der Waals surface area contributed by atoms with Gasteiger partial charge in [-0.05, 0) is 37.1 Å². The molecule has 1 aliphatic rings. The fourth-order valence-corrected chi connectivity index (χ4v) is 4.31. The van der Waals surface area contributed by atoms with E-state index in [4.69, 9.17) is 0 Å². The molecule has 7 nitrogen and oxygen atoms in total. The van der Waals surface area contributed by atoms with Crippen molar-refractivity contribution in [3.63, 3.8) is 0 Å². The topological polar surface area (TPSA) is 66.3 Å². The van der Waals surface area contributed by atoms with Gasteiger partial charge in [-0.25, -0.2) is 9.67 Å². The van der Waals surface area contributed by atoms with E-state index in [9.17, 15) is 4.79 Å². The molecule has 174 valence electrons. The zero-order valence-corrected chi connectivity index (χ0v) is 20.0. The molecule has 1 aliphatic heterocycles. The van der Waals surface area contributed by atoms with Crippen LogP contribution in [0.4, 0.5) is 0 Å². The highest BCUT2D eigenvalue weighted by Crippen LogP contribution is 2.23. The van der Waals surface area contributed by atoms with Crippen molar-refractivity contribution >= 4 is 5.91 Å². The van der Waals surface area contributed by atoms with Gasteiger partial charge in [-0.1, -0.05) is 62.4 Å². The van der Waals surface area contributed by atoms with Gasteiger partial charge >= 0.3 is 0 Å². The molecule has 1 saturated heterocycles.